The Morgan fingerprint density at radius 3 is 2.55 bits per heavy atom. The highest BCUT2D eigenvalue weighted by Crippen LogP contribution is 2.07. The first-order chi connectivity index (χ1) is 10.6. The van der Waals surface area contributed by atoms with E-state index in [4.69, 9.17) is 11.0 Å². The zero-order valence-electron chi connectivity index (χ0n) is 11.7. The first-order valence-electron chi connectivity index (χ1n) is 6.59. The summed E-state index contributed by atoms with van der Waals surface area (Å²) in [5.41, 5.74) is 7.03. The highest BCUT2D eigenvalue weighted by Gasteiger charge is 2.19. The third kappa shape index (κ3) is 3.90. The SMILES string of the molecule is N#Cc1ccc(C[C@H](NC(=O)c2cccnc2)C(N)=O)cc1. The molecule has 2 amide bonds. The summed E-state index contributed by atoms with van der Waals surface area (Å²) in [5, 5.41) is 11.3. The largest absolute Gasteiger partial charge is 0.368 e. The van der Waals surface area contributed by atoms with Crippen molar-refractivity contribution in [3.05, 3.63) is 65.5 Å². The van der Waals surface area contributed by atoms with Crippen LogP contribution in [0.4, 0.5) is 0 Å². The number of rotatable bonds is 5. The molecule has 0 aliphatic heterocycles. The minimum Gasteiger partial charge on any atom is -0.368 e. The van der Waals surface area contributed by atoms with Crippen molar-refractivity contribution >= 4 is 11.8 Å². The maximum atomic E-state index is 12.0. The van der Waals surface area contributed by atoms with E-state index in [1.807, 2.05) is 6.07 Å². The monoisotopic (exact) mass is 294 g/mol. The molecule has 3 N–H and O–H groups in total. The van der Waals surface area contributed by atoms with E-state index < -0.39 is 17.9 Å². The van der Waals surface area contributed by atoms with Gasteiger partial charge in [0.1, 0.15) is 6.04 Å². The summed E-state index contributed by atoms with van der Waals surface area (Å²) >= 11 is 0. The molecule has 6 heteroatoms. The van der Waals surface area contributed by atoms with E-state index in [9.17, 15) is 9.59 Å². The average molecular weight is 294 g/mol. The van der Waals surface area contributed by atoms with Crippen molar-refractivity contribution in [3.8, 4) is 6.07 Å². The number of carbonyl (C=O) groups excluding carboxylic acids is 2. The fraction of sp³-hybridized carbons (Fsp3) is 0.125. The lowest BCUT2D eigenvalue weighted by molar-refractivity contribution is -0.119. The Kier molecular flexibility index (Phi) is 4.83. The molecule has 0 spiro atoms. The van der Waals surface area contributed by atoms with Gasteiger partial charge in [0, 0.05) is 18.8 Å². The van der Waals surface area contributed by atoms with Crippen LogP contribution in [0.1, 0.15) is 21.5 Å². The zero-order valence-corrected chi connectivity index (χ0v) is 11.7. The molecular formula is C16H14N4O2. The van der Waals surface area contributed by atoms with Crippen molar-refractivity contribution in [1.82, 2.24) is 10.3 Å². The Morgan fingerprint density at radius 2 is 2.00 bits per heavy atom. The van der Waals surface area contributed by atoms with Gasteiger partial charge in [-0.15, -0.1) is 0 Å². The van der Waals surface area contributed by atoms with Gasteiger partial charge in [-0.05, 0) is 29.8 Å². The van der Waals surface area contributed by atoms with Gasteiger partial charge in [-0.2, -0.15) is 5.26 Å². The van der Waals surface area contributed by atoms with Gasteiger partial charge in [-0.1, -0.05) is 12.1 Å². The van der Waals surface area contributed by atoms with Gasteiger partial charge in [0.25, 0.3) is 5.91 Å². The molecule has 22 heavy (non-hydrogen) atoms. The molecule has 1 aromatic carbocycles. The van der Waals surface area contributed by atoms with Gasteiger partial charge >= 0.3 is 0 Å². The summed E-state index contributed by atoms with van der Waals surface area (Å²) in [6.07, 6.45) is 3.22. The molecule has 6 nitrogen and oxygen atoms in total. The van der Waals surface area contributed by atoms with Crippen LogP contribution in [0.25, 0.3) is 0 Å². The highest BCUT2D eigenvalue weighted by molar-refractivity contribution is 5.97. The van der Waals surface area contributed by atoms with Gasteiger partial charge in [0.15, 0.2) is 0 Å². The lowest BCUT2D eigenvalue weighted by Gasteiger charge is -2.15. The number of amides is 2. The number of benzene rings is 1. The number of nitrogens with one attached hydrogen (secondary N) is 1. The lowest BCUT2D eigenvalue weighted by Crippen LogP contribution is -2.45. The van der Waals surface area contributed by atoms with Crippen molar-refractivity contribution in [2.75, 3.05) is 0 Å². The Bertz CT molecular complexity index is 705. The number of pyridine rings is 1. The molecule has 0 saturated heterocycles. The summed E-state index contributed by atoms with van der Waals surface area (Å²) in [7, 11) is 0. The van der Waals surface area contributed by atoms with Crippen molar-refractivity contribution in [3.63, 3.8) is 0 Å². The Labute approximate surface area is 127 Å². The summed E-state index contributed by atoms with van der Waals surface area (Å²) in [6.45, 7) is 0. The third-order valence-electron chi connectivity index (χ3n) is 3.10. The van der Waals surface area contributed by atoms with Crippen LogP contribution in [0, 0.1) is 11.3 Å². The van der Waals surface area contributed by atoms with Crippen LogP contribution < -0.4 is 11.1 Å². The number of hydrogen-bond acceptors (Lipinski definition) is 4. The highest BCUT2D eigenvalue weighted by atomic mass is 16.2. The second-order valence-electron chi connectivity index (χ2n) is 4.68. The molecule has 0 unspecified atom stereocenters. The summed E-state index contributed by atoms with van der Waals surface area (Å²) in [4.78, 5) is 27.4. The maximum absolute atomic E-state index is 12.0. The molecule has 1 heterocycles. The predicted octanol–water partition coefficient (Wildman–Crippen LogP) is 0.780. The number of aromatic nitrogens is 1. The molecule has 0 saturated carbocycles. The molecule has 0 radical (unpaired) electrons. The van der Waals surface area contributed by atoms with E-state index in [-0.39, 0.29) is 6.42 Å². The standard InChI is InChI=1S/C16H14N4O2/c17-9-12-5-3-11(4-6-12)8-14(15(18)21)20-16(22)13-2-1-7-19-10-13/h1-7,10,14H,8H2,(H2,18,21)(H,20,22)/t14-/m0/s1. The van der Waals surface area contributed by atoms with Gasteiger partial charge < -0.3 is 11.1 Å². The molecule has 0 aliphatic rings. The molecule has 0 fully saturated rings. The van der Waals surface area contributed by atoms with Crippen molar-refractivity contribution in [1.29, 1.82) is 5.26 Å². The summed E-state index contributed by atoms with van der Waals surface area (Å²) < 4.78 is 0. The van der Waals surface area contributed by atoms with E-state index in [2.05, 4.69) is 10.3 Å². The molecule has 2 rings (SSSR count). The Morgan fingerprint density at radius 1 is 1.27 bits per heavy atom. The minimum absolute atomic E-state index is 0.257. The van der Waals surface area contributed by atoms with E-state index in [0.29, 0.717) is 11.1 Å². The first-order valence-corrected chi connectivity index (χ1v) is 6.59. The van der Waals surface area contributed by atoms with E-state index in [0.717, 1.165) is 5.56 Å². The molecule has 0 bridgehead atoms. The van der Waals surface area contributed by atoms with Crippen LogP contribution in [0.3, 0.4) is 0 Å². The number of nitrogens with zero attached hydrogens (tertiary/aromatic N) is 2. The number of nitriles is 1. The molecule has 110 valence electrons. The second kappa shape index (κ2) is 6.99. The molecular weight excluding hydrogens is 280 g/mol. The van der Waals surface area contributed by atoms with Crippen molar-refractivity contribution < 1.29 is 9.59 Å². The van der Waals surface area contributed by atoms with Crippen LogP contribution in [0.5, 0.6) is 0 Å². The number of hydrogen-bond donors (Lipinski definition) is 2. The normalized spacial score (nSPS) is 11.2. The van der Waals surface area contributed by atoms with Crippen LogP contribution in [0.15, 0.2) is 48.8 Å². The van der Waals surface area contributed by atoms with E-state index in [1.54, 1.807) is 42.6 Å². The number of carbonyl (C=O) groups is 2. The average Bonchev–Trinajstić information content (AvgIpc) is 2.55. The molecule has 0 aliphatic carbocycles. The van der Waals surface area contributed by atoms with Gasteiger partial charge in [0.05, 0.1) is 17.2 Å². The van der Waals surface area contributed by atoms with Gasteiger partial charge in [-0.3, -0.25) is 14.6 Å². The van der Waals surface area contributed by atoms with E-state index >= 15 is 0 Å². The van der Waals surface area contributed by atoms with E-state index in [1.165, 1.54) is 6.20 Å². The molecule has 2 aromatic rings. The Balaban J connectivity index is 2.08. The molecule has 1 atom stereocenters. The maximum Gasteiger partial charge on any atom is 0.253 e. The second-order valence-corrected chi connectivity index (χ2v) is 4.68. The first kappa shape index (κ1) is 15.2. The van der Waals surface area contributed by atoms with Crippen LogP contribution in [-0.2, 0) is 11.2 Å². The fourth-order valence-electron chi connectivity index (χ4n) is 1.91. The Hall–Kier alpha value is -3.20. The minimum atomic E-state index is -0.833. The zero-order chi connectivity index (χ0) is 15.9. The topological polar surface area (TPSA) is 109 Å². The number of primary amides is 1. The number of nitrogens with two attached hydrogens (primary N) is 1. The van der Waals surface area contributed by atoms with Crippen molar-refractivity contribution in [2.45, 2.75) is 12.5 Å². The van der Waals surface area contributed by atoms with Crippen molar-refractivity contribution in [2.24, 2.45) is 5.73 Å². The van der Waals surface area contributed by atoms with Gasteiger partial charge in [0.2, 0.25) is 5.91 Å². The quantitative estimate of drug-likeness (QED) is 0.849. The summed E-state index contributed by atoms with van der Waals surface area (Å²) in [6, 6.07) is 11.2. The van der Waals surface area contributed by atoms with Crippen LogP contribution in [-0.4, -0.2) is 22.8 Å². The van der Waals surface area contributed by atoms with Crippen LogP contribution in [0.2, 0.25) is 0 Å². The third-order valence-corrected chi connectivity index (χ3v) is 3.10. The van der Waals surface area contributed by atoms with Crippen LogP contribution >= 0.6 is 0 Å². The summed E-state index contributed by atoms with van der Waals surface area (Å²) in [5.74, 6) is -1.04. The van der Waals surface area contributed by atoms with Gasteiger partial charge in [-0.25, -0.2) is 0 Å². The predicted molar refractivity (Wildman–Crippen MR) is 79.5 cm³/mol. The lowest BCUT2D eigenvalue weighted by atomic mass is 10.0. The molecule has 1 aromatic heterocycles. The fourth-order valence-corrected chi connectivity index (χ4v) is 1.91. The smallest absolute Gasteiger partial charge is 0.253 e.